The molecule has 0 unspecified atom stereocenters. The third-order valence-electron chi connectivity index (χ3n) is 4.25. The van der Waals surface area contributed by atoms with Gasteiger partial charge in [-0.25, -0.2) is 10.2 Å². The highest BCUT2D eigenvalue weighted by atomic mass is 35.5. The smallest absolute Gasteiger partial charge is 0.339 e. The quantitative estimate of drug-likeness (QED) is 0.263. The second-order valence-electron chi connectivity index (χ2n) is 6.74. The van der Waals surface area contributed by atoms with Crippen LogP contribution in [0.15, 0.2) is 71.8 Å². The molecule has 2 amide bonds. The summed E-state index contributed by atoms with van der Waals surface area (Å²) in [5.74, 6) is 1.64. The molecule has 166 valence electrons. The maximum Gasteiger partial charge on any atom is 0.339 e. The number of methoxy groups -OCH3 is 1. The van der Waals surface area contributed by atoms with Crippen LogP contribution >= 0.6 is 11.6 Å². The molecule has 32 heavy (non-hydrogen) atoms. The Morgan fingerprint density at radius 2 is 1.81 bits per heavy atom. The van der Waals surface area contributed by atoms with Gasteiger partial charge in [0.2, 0.25) is 0 Å². The standard InChI is InChI=1S/C24H24ClN3O4/c1-17-7-6-10-20(13-17)31-11-12-32-23-21(25)14-18(15-22(23)30-2)16-26-28-24(29)27-19-8-4-3-5-9-19/h3-10,13-16H,11-12H2,1-2H3,(H2,27,28,29)/b26-16-. The topological polar surface area (TPSA) is 81.2 Å². The Balaban J connectivity index is 1.54. The zero-order valence-corrected chi connectivity index (χ0v) is 18.6. The Labute approximate surface area is 192 Å². The van der Waals surface area contributed by atoms with Crippen molar-refractivity contribution in [3.05, 3.63) is 82.9 Å². The second kappa shape index (κ2) is 11.6. The van der Waals surface area contributed by atoms with Crippen molar-refractivity contribution in [3.63, 3.8) is 0 Å². The number of carbonyl (C=O) groups is 1. The Morgan fingerprint density at radius 3 is 2.56 bits per heavy atom. The molecule has 3 aromatic carbocycles. The van der Waals surface area contributed by atoms with Crippen molar-refractivity contribution in [3.8, 4) is 17.2 Å². The number of nitrogens with one attached hydrogen (secondary N) is 2. The Kier molecular flexibility index (Phi) is 8.34. The van der Waals surface area contributed by atoms with Crippen LogP contribution < -0.4 is 25.0 Å². The van der Waals surface area contributed by atoms with E-state index in [0.717, 1.165) is 11.3 Å². The van der Waals surface area contributed by atoms with Gasteiger partial charge in [0, 0.05) is 5.69 Å². The summed E-state index contributed by atoms with van der Waals surface area (Å²) in [4.78, 5) is 11.9. The highest BCUT2D eigenvalue weighted by molar-refractivity contribution is 6.32. The summed E-state index contributed by atoms with van der Waals surface area (Å²) in [7, 11) is 1.52. The number of hydrogen-bond donors (Lipinski definition) is 2. The van der Waals surface area contributed by atoms with Gasteiger partial charge in [-0.15, -0.1) is 0 Å². The number of amides is 2. The predicted octanol–water partition coefficient (Wildman–Crippen LogP) is 5.27. The first kappa shape index (κ1) is 23.0. The van der Waals surface area contributed by atoms with Gasteiger partial charge < -0.3 is 19.5 Å². The molecule has 0 saturated heterocycles. The van der Waals surface area contributed by atoms with E-state index in [9.17, 15) is 4.79 Å². The monoisotopic (exact) mass is 453 g/mol. The van der Waals surface area contributed by atoms with Gasteiger partial charge in [0.1, 0.15) is 19.0 Å². The molecular formula is C24H24ClN3O4. The molecule has 0 fully saturated rings. The highest BCUT2D eigenvalue weighted by Crippen LogP contribution is 2.36. The van der Waals surface area contributed by atoms with Gasteiger partial charge in [-0.3, -0.25) is 0 Å². The van der Waals surface area contributed by atoms with E-state index in [1.54, 1.807) is 24.3 Å². The lowest BCUT2D eigenvalue weighted by Gasteiger charge is -2.14. The number of ether oxygens (including phenoxy) is 3. The minimum Gasteiger partial charge on any atom is -0.493 e. The average molecular weight is 454 g/mol. The van der Waals surface area contributed by atoms with Crippen LogP contribution in [0.1, 0.15) is 11.1 Å². The van der Waals surface area contributed by atoms with Crippen molar-refractivity contribution in [1.82, 2.24) is 5.43 Å². The van der Waals surface area contributed by atoms with Crippen molar-refractivity contribution in [2.45, 2.75) is 6.92 Å². The maximum absolute atomic E-state index is 11.9. The maximum atomic E-state index is 11.9. The molecule has 0 aromatic heterocycles. The van der Waals surface area contributed by atoms with E-state index in [-0.39, 0.29) is 0 Å². The SMILES string of the molecule is COc1cc(/C=N\NC(=O)Nc2ccccc2)cc(Cl)c1OCCOc1cccc(C)c1. The van der Waals surface area contributed by atoms with Crippen LogP contribution in [0.4, 0.5) is 10.5 Å². The molecule has 0 bridgehead atoms. The molecule has 0 spiro atoms. The fourth-order valence-electron chi connectivity index (χ4n) is 2.81. The first-order valence-electron chi connectivity index (χ1n) is 9.90. The van der Waals surface area contributed by atoms with Crippen molar-refractivity contribution < 1.29 is 19.0 Å². The Bertz CT molecular complexity index is 1070. The lowest BCUT2D eigenvalue weighted by atomic mass is 10.2. The summed E-state index contributed by atoms with van der Waals surface area (Å²) in [5, 5.41) is 6.96. The molecule has 0 heterocycles. The van der Waals surface area contributed by atoms with Crippen LogP contribution in [0.3, 0.4) is 0 Å². The Hall–Kier alpha value is -3.71. The number of benzene rings is 3. The number of urea groups is 1. The molecule has 0 aliphatic rings. The minimum absolute atomic E-state index is 0.290. The lowest BCUT2D eigenvalue weighted by Crippen LogP contribution is -2.24. The summed E-state index contributed by atoms with van der Waals surface area (Å²) < 4.78 is 16.8. The molecule has 8 heteroatoms. The summed E-state index contributed by atoms with van der Waals surface area (Å²) in [6.07, 6.45) is 1.46. The van der Waals surface area contributed by atoms with E-state index in [4.69, 9.17) is 25.8 Å². The van der Waals surface area contributed by atoms with E-state index < -0.39 is 6.03 Å². The normalized spacial score (nSPS) is 10.6. The molecule has 3 rings (SSSR count). The van der Waals surface area contributed by atoms with E-state index >= 15 is 0 Å². The largest absolute Gasteiger partial charge is 0.493 e. The van der Waals surface area contributed by atoms with Crippen LogP contribution in [-0.2, 0) is 0 Å². The predicted molar refractivity (Wildman–Crippen MR) is 126 cm³/mol. The fourth-order valence-corrected chi connectivity index (χ4v) is 3.08. The molecule has 7 nitrogen and oxygen atoms in total. The lowest BCUT2D eigenvalue weighted by molar-refractivity contribution is 0.211. The first-order valence-corrected chi connectivity index (χ1v) is 10.3. The van der Waals surface area contributed by atoms with Crippen LogP contribution in [0.2, 0.25) is 5.02 Å². The van der Waals surface area contributed by atoms with Crippen molar-refractivity contribution in [1.29, 1.82) is 0 Å². The first-order chi connectivity index (χ1) is 15.5. The molecule has 0 radical (unpaired) electrons. The number of hydrogen-bond acceptors (Lipinski definition) is 5. The zero-order chi connectivity index (χ0) is 22.8. The highest BCUT2D eigenvalue weighted by Gasteiger charge is 2.12. The molecule has 0 saturated carbocycles. The van der Waals surface area contributed by atoms with Gasteiger partial charge in [0.25, 0.3) is 0 Å². The van der Waals surface area contributed by atoms with Crippen molar-refractivity contribution in [2.24, 2.45) is 5.10 Å². The third-order valence-corrected chi connectivity index (χ3v) is 4.53. The van der Waals surface area contributed by atoms with Gasteiger partial charge >= 0.3 is 6.03 Å². The van der Waals surface area contributed by atoms with Gasteiger partial charge in [-0.2, -0.15) is 5.10 Å². The van der Waals surface area contributed by atoms with E-state index in [0.29, 0.717) is 41.0 Å². The van der Waals surface area contributed by atoms with Crippen molar-refractivity contribution >= 4 is 29.5 Å². The van der Waals surface area contributed by atoms with Crippen LogP contribution in [0.5, 0.6) is 17.2 Å². The number of hydrazone groups is 1. The van der Waals surface area contributed by atoms with Crippen LogP contribution in [-0.4, -0.2) is 32.6 Å². The van der Waals surface area contributed by atoms with Crippen LogP contribution in [0, 0.1) is 6.92 Å². The summed E-state index contributed by atoms with van der Waals surface area (Å²) in [5.41, 5.74) is 4.82. The summed E-state index contributed by atoms with van der Waals surface area (Å²) in [6.45, 7) is 2.65. The third kappa shape index (κ3) is 6.92. The molecular weight excluding hydrogens is 430 g/mol. The molecule has 0 aliphatic carbocycles. The van der Waals surface area contributed by atoms with Crippen LogP contribution in [0.25, 0.3) is 0 Å². The molecule has 0 aliphatic heterocycles. The fraction of sp³-hybridized carbons (Fsp3) is 0.167. The number of anilines is 1. The number of rotatable bonds is 9. The number of nitrogens with zero attached hydrogens (tertiary/aromatic N) is 1. The van der Waals surface area contributed by atoms with Crippen molar-refractivity contribution in [2.75, 3.05) is 25.6 Å². The van der Waals surface area contributed by atoms with Gasteiger partial charge in [-0.1, -0.05) is 41.9 Å². The van der Waals surface area contributed by atoms with Gasteiger partial charge in [-0.05, 0) is 54.4 Å². The number of aryl methyl sites for hydroxylation is 1. The minimum atomic E-state index is -0.459. The molecule has 2 N–H and O–H groups in total. The Morgan fingerprint density at radius 1 is 1.03 bits per heavy atom. The second-order valence-corrected chi connectivity index (χ2v) is 7.14. The molecule has 3 aromatic rings. The number of halogens is 1. The van der Waals surface area contributed by atoms with Gasteiger partial charge in [0.15, 0.2) is 11.5 Å². The van der Waals surface area contributed by atoms with E-state index in [1.165, 1.54) is 13.3 Å². The van der Waals surface area contributed by atoms with E-state index in [2.05, 4.69) is 15.8 Å². The summed E-state index contributed by atoms with van der Waals surface area (Å²) in [6, 6.07) is 19.8. The van der Waals surface area contributed by atoms with E-state index in [1.807, 2.05) is 49.4 Å². The number of carbonyl (C=O) groups excluding carboxylic acids is 1. The van der Waals surface area contributed by atoms with Gasteiger partial charge in [0.05, 0.1) is 18.3 Å². The average Bonchev–Trinajstić information content (AvgIpc) is 2.78. The zero-order valence-electron chi connectivity index (χ0n) is 17.8. The number of para-hydroxylation sites is 1. The summed E-state index contributed by atoms with van der Waals surface area (Å²) >= 11 is 6.37. The molecule has 0 atom stereocenters.